The van der Waals surface area contributed by atoms with Crippen molar-refractivity contribution >= 4 is 70.4 Å². The maximum atomic E-state index is 5.92. The molecule has 0 bridgehead atoms. The topological polar surface area (TPSA) is 18.5 Å². The van der Waals surface area contributed by atoms with Crippen LogP contribution in [-0.2, 0) is 0 Å². The molecule has 3 aromatic rings. The Bertz CT molecular complexity index is 1110. The summed E-state index contributed by atoms with van der Waals surface area (Å²) >= 11 is 4.94. The molecule has 0 radical (unpaired) electrons. The number of aryl methyl sites for hydroxylation is 1. The van der Waals surface area contributed by atoms with Crippen LogP contribution in [0.15, 0.2) is 60.7 Å². The van der Waals surface area contributed by atoms with Crippen LogP contribution in [0.25, 0.3) is 11.1 Å². The van der Waals surface area contributed by atoms with Crippen molar-refractivity contribution in [1.82, 2.24) is 0 Å². The van der Waals surface area contributed by atoms with E-state index in [0.29, 0.717) is 13.8 Å². The summed E-state index contributed by atoms with van der Waals surface area (Å²) in [5.41, 5.74) is 7.37. The van der Waals surface area contributed by atoms with Gasteiger partial charge in [0.25, 0.3) is 0 Å². The van der Waals surface area contributed by atoms with Crippen LogP contribution >= 0.6 is 65.9 Å². The fourth-order valence-corrected chi connectivity index (χ4v) is 8.07. The zero-order chi connectivity index (χ0) is 24.8. The van der Waals surface area contributed by atoms with Gasteiger partial charge in [0.2, 0.25) is 0 Å². The minimum absolute atomic E-state index is 0.142. The Kier molecular flexibility index (Phi) is 10.7. The summed E-state index contributed by atoms with van der Waals surface area (Å²) in [5.74, 6) is 2.42. The number of alkyl halides is 3. The molecule has 4 unspecified atom stereocenters. The molecule has 3 aromatic carbocycles. The Balaban J connectivity index is 2.04. The molecule has 4 atom stereocenters. The normalized spacial score (nSPS) is 14.8. The lowest BCUT2D eigenvalue weighted by Gasteiger charge is -2.23. The van der Waals surface area contributed by atoms with Gasteiger partial charge >= 0.3 is 0 Å². The molecule has 0 fully saturated rings. The van der Waals surface area contributed by atoms with E-state index in [1.807, 2.05) is 0 Å². The highest BCUT2D eigenvalue weighted by Crippen LogP contribution is 2.49. The smallest absolute Gasteiger partial charge is 0.127 e. The van der Waals surface area contributed by atoms with Gasteiger partial charge in [-0.05, 0) is 47.7 Å². The molecule has 0 saturated heterocycles. The second kappa shape index (κ2) is 13.0. The van der Waals surface area contributed by atoms with Gasteiger partial charge < -0.3 is 9.47 Å². The van der Waals surface area contributed by atoms with Crippen molar-refractivity contribution in [2.75, 3.05) is 14.2 Å². The largest absolute Gasteiger partial charge is 0.496 e. The lowest BCUT2D eigenvalue weighted by molar-refractivity contribution is 0.400. The highest BCUT2D eigenvalue weighted by Gasteiger charge is 2.25. The quantitative estimate of drug-likeness (QED) is 0.150. The van der Waals surface area contributed by atoms with Crippen LogP contribution in [0.1, 0.15) is 54.3 Å². The zero-order valence-electron chi connectivity index (χ0n) is 20.4. The predicted octanol–water partition coefficient (Wildman–Crippen LogP) is 9.82. The van der Waals surface area contributed by atoms with Gasteiger partial charge in [-0.3, -0.25) is 0 Å². The number of halogens is 3. The zero-order valence-corrected chi connectivity index (χ0v) is 26.9. The molecule has 0 aliphatic carbocycles. The summed E-state index contributed by atoms with van der Waals surface area (Å²) in [7, 11) is 3.52. The fraction of sp³-hybridized carbons (Fsp3) is 0.345. The third-order valence-corrected chi connectivity index (χ3v) is 13.4. The molecule has 0 saturated carbocycles. The van der Waals surface area contributed by atoms with Crippen molar-refractivity contribution in [1.29, 1.82) is 0 Å². The standard InChI is InChI=1S/C29H33I3O2/c1-7-19(3)29(32-4)22-10-8-9-21(15-22)23-16-26(34-6)24(17-25(23)33-5)28(31)27(30)20-13-11-18(2)12-14-20/h8-17,19,27-29H,4,7H2,1-3,5-6H3. The molecule has 0 N–H and O–H groups in total. The molecular weight excluding hydrogens is 761 g/mol. The average Bonchev–Trinajstić information content (AvgIpc) is 2.87. The van der Waals surface area contributed by atoms with Crippen LogP contribution in [0, 0.1) is 12.8 Å². The Morgan fingerprint density at radius 1 is 0.882 bits per heavy atom. The van der Waals surface area contributed by atoms with Crippen LogP contribution in [0.4, 0.5) is 0 Å². The van der Waals surface area contributed by atoms with Gasteiger partial charge in [0.1, 0.15) is 11.5 Å². The number of ether oxygens (including phenoxy) is 2. The highest BCUT2D eigenvalue weighted by atomic mass is 127. The van der Waals surface area contributed by atoms with Gasteiger partial charge in [-0.1, -0.05) is 118 Å². The average molecular weight is 794 g/mol. The molecule has 0 aliphatic rings. The highest BCUT2D eigenvalue weighted by molar-refractivity contribution is 14.2. The van der Waals surface area contributed by atoms with Gasteiger partial charge in [-0.15, -0.1) is 20.7 Å². The molecule has 2 nitrogen and oxygen atoms in total. The van der Waals surface area contributed by atoms with Gasteiger partial charge in [0, 0.05) is 15.1 Å². The third kappa shape index (κ3) is 6.35. The summed E-state index contributed by atoms with van der Waals surface area (Å²) in [4.78, 5) is 0. The van der Waals surface area contributed by atoms with Crippen LogP contribution < -0.4 is 9.47 Å². The first kappa shape index (κ1) is 27.9. The van der Waals surface area contributed by atoms with E-state index in [0.717, 1.165) is 22.6 Å². The van der Waals surface area contributed by atoms with Gasteiger partial charge in [-0.2, -0.15) is 0 Å². The molecule has 0 spiro atoms. The Labute approximate surface area is 242 Å². The maximum Gasteiger partial charge on any atom is 0.127 e. The second-order valence-corrected chi connectivity index (χ2v) is 13.5. The number of methoxy groups -OCH3 is 2. The lowest BCUT2D eigenvalue weighted by Crippen LogP contribution is -2.04. The first-order valence-electron chi connectivity index (χ1n) is 11.4. The first-order valence-corrected chi connectivity index (χ1v) is 16.7. The predicted molar refractivity (Wildman–Crippen MR) is 173 cm³/mol. The number of hydrogen-bond acceptors (Lipinski definition) is 2. The molecule has 3 rings (SSSR count). The maximum absolute atomic E-state index is 5.92. The molecule has 34 heavy (non-hydrogen) atoms. The fourth-order valence-electron chi connectivity index (χ4n) is 4.09. The van der Waals surface area contributed by atoms with Crippen molar-refractivity contribution in [2.24, 2.45) is 5.92 Å². The van der Waals surface area contributed by atoms with Crippen LogP contribution in [-0.4, -0.2) is 18.7 Å². The summed E-state index contributed by atoms with van der Waals surface area (Å²) in [5, 5.41) is 0. The van der Waals surface area contributed by atoms with Crippen molar-refractivity contribution in [2.45, 2.75) is 39.0 Å². The molecular formula is C29H33I3O2. The SMILES string of the molecule is C=IC(c1cccc(-c2cc(OC)c(C(I)C(I)c3ccc(C)cc3)cc2OC)c1)C(C)CC. The van der Waals surface area contributed by atoms with E-state index >= 15 is 0 Å². The Morgan fingerprint density at radius 3 is 2.15 bits per heavy atom. The van der Waals surface area contributed by atoms with E-state index in [2.05, 4.69) is 131 Å². The molecule has 5 heteroatoms. The van der Waals surface area contributed by atoms with Crippen molar-refractivity contribution < 1.29 is 9.47 Å². The summed E-state index contributed by atoms with van der Waals surface area (Å²) in [6.45, 7) is 6.74. The van der Waals surface area contributed by atoms with E-state index < -0.39 is 0 Å². The number of hydrogen-bond donors (Lipinski definition) is 0. The first-order chi connectivity index (χ1) is 16.3. The van der Waals surface area contributed by atoms with Crippen molar-refractivity contribution in [3.05, 3.63) is 82.9 Å². The van der Waals surface area contributed by atoms with Crippen LogP contribution in [0.3, 0.4) is 0 Å². The second-order valence-electron chi connectivity index (χ2n) is 8.58. The van der Waals surface area contributed by atoms with E-state index in [1.54, 1.807) is 14.2 Å². The van der Waals surface area contributed by atoms with E-state index in [-0.39, 0.29) is 24.7 Å². The summed E-state index contributed by atoms with van der Waals surface area (Å²) < 4.78 is 17.3. The van der Waals surface area contributed by atoms with Crippen molar-refractivity contribution in [3.8, 4) is 22.6 Å². The monoisotopic (exact) mass is 794 g/mol. The minimum atomic E-state index is -0.142. The Hall–Kier alpha value is -0.680. The summed E-state index contributed by atoms with van der Waals surface area (Å²) in [6.07, 6.45) is 1.17. The minimum Gasteiger partial charge on any atom is -0.496 e. The molecule has 0 aliphatic heterocycles. The van der Waals surface area contributed by atoms with Gasteiger partial charge in [-0.25, -0.2) is 0 Å². The molecule has 182 valence electrons. The number of benzene rings is 3. The van der Waals surface area contributed by atoms with E-state index in [4.69, 9.17) is 9.47 Å². The molecule has 0 heterocycles. The third-order valence-electron chi connectivity index (χ3n) is 6.33. The molecule has 0 amide bonds. The van der Waals surface area contributed by atoms with Gasteiger partial charge in [0.15, 0.2) is 0 Å². The van der Waals surface area contributed by atoms with E-state index in [1.165, 1.54) is 28.7 Å². The number of rotatable bonds is 10. The van der Waals surface area contributed by atoms with Crippen LogP contribution in [0.5, 0.6) is 11.5 Å². The molecule has 0 aromatic heterocycles. The summed E-state index contributed by atoms with van der Waals surface area (Å²) in [6, 6.07) is 22.0. The Morgan fingerprint density at radius 2 is 1.56 bits per heavy atom. The van der Waals surface area contributed by atoms with Crippen molar-refractivity contribution in [3.63, 3.8) is 0 Å². The van der Waals surface area contributed by atoms with Crippen LogP contribution in [0.2, 0.25) is 0 Å². The van der Waals surface area contributed by atoms with Gasteiger partial charge in [0.05, 0.1) is 22.1 Å². The van der Waals surface area contributed by atoms with E-state index in [9.17, 15) is 0 Å². The lowest BCUT2D eigenvalue weighted by atomic mass is 9.94.